The van der Waals surface area contributed by atoms with Crippen LogP contribution in [0.3, 0.4) is 0 Å². The predicted molar refractivity (Wildman–Crippen MR) is 50.7 cm³/mol. The highest BCUT2D eigenvalue weighted by molar-refractivity contribution is 5.21. The quantitative estimate of drug-likeness (QED) is 0.641. The number of benzene rings is 1. The van der Waals surface area contributed by atoms with Gasteiger partial charge in [0.2, 0.25) is 0 Å². The first kappa shape index (κ1) is 7.41. The van der Waals surface area contributed by atoms with Crippen LogP contribution in [0, 0.1) is 0 Å². The Morgan fingerprint density at radius 3 is 2.58 bits per heavy atom. The largest absolute Gasteiger partial charge is 0.371 e. The van der Waals surface area contributed by atoms with Crippen molar-refractivity contribution in [3.05, 3.63) is 48.7 Å². The molecular formula is C11H13N. The number of hydrogen-bond acceptors (Lipinski definition) is 1. The van der Waals surface area contributed by atoms with E-state index in [4.69, 9.17) is 0 Å². The van der Waals surface area contributed by atoms with Gasteiger partial charge in [0.15, 0.2) is 0 Å². The summed E-state index contributed by atoms with van der Waals surface area (Å²) in [4.78, 5) is 2.27. The average molecular weight is 159 g/mol. The minimum absolute atomic E-state index is 0.587. The summed E-state index contributed by atoms with van der Waals surface area (Å²) >= 11 is 0. The summed E-state index contributed by atoms with van der Waals surface area (Å²) in [5, 5.41) is 0. The van der Waals surface area contributed by atoms with E-state index in [9.17, 15) is 0 Å². The zero-order valence-corrected chi connectivity index (χ0v) is 7.11. The molecule has 0 aromatic heterocycles. The third kappa shape index (κ3) is 1.11. The fraction of sp³-hybridized carbons (Fsp3) is 0.273. The van der Waals surface area contributed by atoms with Gasteiger partial charge in [-0.1, -0.05) is 36.9 Å². The third-order valence-electron chi connectivity index (χ3n) is 2.48. The van der Waals surface area contributed by atoms with Crippen molar-refractivity contribution in [1.82, 2.24) is 4.90 Å². The fourth-order valence-corrected chi connectivity index (χ4v) is 1.66. The Morgan fingerprint density at radius 1 is 1.33 bits per heavy atom. The van der Waals surface area contributed by atoms with Crippen molar-refractivity contribution in [3.8, 4) is 0 Å². The maximum absolute atomic E-state index is 3.78. The van der Waals surface area contributed by atoms with Crippen LogP contribution in [0.5, 0.6) is 0 Å². The molecule has 1 aliphatic heterocycles. The first-order valence-corrected chi connectivity index (χ1v) is 4.35. The summed E-state index contributed by atoms with van der Waals surface area (Å²) < 4.78 is 0. The Bertz CT molecular complexity index is 266. The zero-order valence-electron chi connectivity index (χ0n) is 7.11. The number of likely N-dealkylation sites (tertiary alicyclic amines) is 1. The summed E-state index contributed by atoms with van der Waals surface area (Å²) in [6.07, 6.45) is 3.19. The Hall–Kier alpha value is -1.24. The van der Waals surface area contributed by atoms with E-state index in [2.05, 4.69) is 41.8 Å². The van der Waals surface area contributed by atoms with E-state index in [1.54, 1.807) is 0 Å². The molecule has 1 aromatic carbocycles. The van der Waals surface area contributed by atoms with Gasteiger partial charge in [0.1, 0.15) is 0 Å². The summed E-state index contributed by atoms with van der Waals surface area (Å²) in [6, 6.07) is 11.2. The molecule has 0 bridgehead atoms. The second-order valence-electron chi connectivity index (χ2n) is 3.14. The van der Waals surface area contributed by atoms with Crippen LogP contribution in [0.25, 0.3) is 0 Å². The van der Waals surface area contributed by atoms with Gasteiger partial charge in [0.05, 0.1) is 6.04 Å². The van der Waals surface area contributed by atoms with Crippen LogP contribution in [0.15, 0.2) is 43.1 Å². The van der Waals surface area contributed by atoms with Gasteiger partial charge in [0.25, 0.3) is 0 Å². The Kier molecular flexibility index (Phi) is 1.86. The van der Waals surface area contributed by atoms with Crippen LogP contribution in [-0.4, -0.2) is 11.4 Å². The van der Waals surface area contributed by atoms with Crippen LogP contribution in [0.1, 0.15) is 18.0 Å². The standard InChI is InChI=1S/C11H13N/c1-2-12-9-8-11(12)10-6-4-3-5-7-10/h2-7,11H,1,8-9H2. The summed E-state index contributed by atoms with van der Waals surface area (Å²) in [6.45, 7) is 4.94. The first-order chi connectivity index (χ1) is 5.92. The van der Waals surface area contributed by atoms with Crippen molar-refractivity contribution in [2.75, 3.05) is 6.54 Å². The Labute approximate surface area is 73.3 Å². The van der Waals surface area contributed by atoms with Crippen LogP contribution >= 0.6 is 0 Å². The molecule has 1 heteroatoms. The van der Waals surface area contributed by atoms with Crippen molar-refractivity contribution in [3.63, 3.8) is 0 Å². The van der Waals surface area contributed by atoms with Crippen LogP contribution in [0.2, 0.25) is 0 Å². The van der Waals surface area contributed by atoms with Gasteiger partial charge in [-0.25, -0.2) is 0 Å². The summed E-state index contributed by atoms with van der Waals surface area (Å²) in [5.74, 6) is 0. The minimum atomic E-state index is 0.587. The lowest BCUT2D eigenvalue weighted by molar-refractivity contribution is 0.157. The van der Waals surface area contributed by atoms with Crippen molar-refractivity contribution < 1.29 is 0 Å². The zero-order chi connectivity index (χ0) is 8.39. The molecule has 1 aromatic rings. The lowest BCUT2D eigenvalue weighted by Gasteiger charge is -2.40. The van der Waals surface area contributed by atoms with Crippen molar-refractivity contribution in [1.29, 1.82) is 0 Å². The van der Waals surface area contributed by atoms with Crippen LogP contribution in [0.4, 0.5) is 0 Å². The average Bonchev–Trinajstić information content (AvgIpc) is 2.05. The molecule has 1 saturated heterocycles. The molecule has 1 nitrogen and oxygen atoms in total. The monoisotopic (exact) mass is 159 g/mol. The smallest absolute Gasteiger partial charge is 0.0553 e. The molecule has 0 N–H and O–H groups in total. The van der Waals surface area contributed by atoms with Gasteiger partial charge in [0, 0.05) is 6.54 Å². The molecule has 2 rings (SSSR count). The molecule has 1 aliphatic rings. The molecule has 0 spiro atoms. The molecule has 0 radical (unpaired) electrons. The van der Waals surface area contributed by atoms with E-state index in [0.29, 0.717) is 6.04 Å². The highest BCUT2D eigenvalue weighted by atomic mass is 15.2. The molecule has 0 saturated carbocycles. The lowest BCUT2D eigenvalue weighted by Crippen LogP contribution is -2.36. The maximum atomic E-state index is 3.78. The molecule has 0 aliphatic carbocycles. The highest BCUT2D eigenvalue weighted by Gasteiger charge is 2.25. The van der Waals surface area contributed by atoms with Gasteiger partial charge in [-0.15, -0.1) is 0 Å². The maximum Gasteiger partial charge on any atom is 0.0553 e. The molecule has 1 unspecified atom stereocenters. The van der Waals surface area contributed by atoms with Crippen molar-refractivity contribution in [2.24, 2.45) is 0 Å². The highest BCUT2D eigenvalue weighted by Crippen LogP contribution is 2.32. The molecule has 1 heterocycles. The van der Waals surface area contributed by atoms with Crippen LogP contribution < -0.4 is 0 Å². The normalized spacial score (nSPS) is 21.7. The van der Waals surface area contributed by atoms with Crippen molar-refractivity contribution >= 4 is 0 Å². The molecule has 0 amide bonds. The summed E-state index contributed by atoms with van der Waals surface area (Å²) in [7, 11) is 0. The minimum Gasteiger partial charge on any atom is -0.371 e. The SMILES string of the molecule is C=CN1CCC1c1ccccc1. The van der Waals surface area contributed by atoms with Gasteiger partial charge in [-0.3, -0.25) is 0 Å². The van der Waals surface area contributed by atoms with Gasteiger partial charge >= 0.3 is 0 Å². The topological polar surface area (TPSA) is 3.24 Å². The Balaban J connectivity index is 2.16. The Morgan fingerprint density at radius 2 is 2.08 bits per heavy atom. The van der Waals surface area contributed by atoms with Crippen LogP contribution in [-0.2, 0) is 0 Å². The van der Waals surface area contributed by atoms with Crippen molar-refractivity contribution in [2.45, 2.75) is 12.5 Å². The molecule has 12 heavy (non-hydrogen) atoms. The van der Waals surface area contributed by atoms with E-state index in [0.717, 1.165) is 6.54 Å². The first-order valence-electron chi connectivity index (χ1n) is 4.35. The predicted octanol–water partition coefficient (Wildman–Crippen LogP) is 2.58. The molecule has 62 valence electrons. The lowest BCUT2D eigenvalue weighted by atomic mass is 9.96. The van der Waals surface area contributed by atoms with Gasteiger partial charge in [-0.05, 0) is 18.2 Å². The second-order valence-corrected chi connectivity index (χ2v) is 3.14. The third-order valence-corrected chi connectivity index (χ3v) is 2.48. The van der Waals surface area contributed by atoms with Gasteiger partial charge < -0.3 is 4.90 Å². The molecular weight excluding hydrogens is 146 g/mol. The summed E-state index contributed by atoms with van der Waals surface area (Å²) in [5.41, 5.74) is 1.41. The van der Waals surface area contributed by atoms with E-state index in [-0.39, 0.29) is 0 Å². The van der Waals surface area contributed by atoms with Gasteiger partial charge in [-0.2, -0.15) is 0 Å². The van der Waals surface area contributed by atoms with E-state index < -0.39 is 0 Å². The molecule has 1 atom stereocenters. The number of rotatable bonds is 2. The molecule has 1 fully saturated rings. The fourth-order valence-electron chi connectivity index (χ4n) is 1.66. The van der Waals surface area contributed by atoms with E-state index in [1.807, 2.05) is 6.20 Å². The second kappa shape index (κ2) is 3.02. The van der Waals surface area contributed by atoms with E-state index in [1.165, 1.54) is 12.0 Å². The number of hydrogen-bond donors (Lipinski definition) is 0. The van der Waals surface area contributed by atoms with E-state index >= 15 is 0 Å². The number of nitrogens with zero attached hydrogens (tertiary/aromatic N) is 1.